The minimum Gasteiger partial charge on any atom is -0.508 e. The van der Waals surface area contributed by atoms with Crippen molar-refractivity contribution in [1.82, 2.24) is 10.6 Å². The number of carbonyl (C=O) groups excluding carboxylic acids is 2. The number of nitrogens with one attached hydrogen (secondary N) is 2. The van der Waals surface area contributed by atoms with Crippen LogP contribution in [0.15, 0.2) is 48.5 Å². The number of hydrogen-bond acceptors (Lipinski definition) is 7. The summed E-state index contributed by atoms with van der Waals surface area (Å²) in [6, 6.07) is 12.2. The van der Waals surface area contributed by atoms with Crippen molar-refractivity contribution in [3.8, 4) is 5.75 Å². The molecule has 1 fully saturated rings. The molecule has 2 aromatic rings. The van der Waals surface area contributed by atoms with Gasteiger partial charge >= 0.3 is 18.1 Å². The van der Waals surface area contributed by atoms with Gasteiger partial charge in [-0.2, -0.15) is 13.2 Å². The number of ether oxygens (including phenoxy) is 1. The van der Waals surface area contributed by atoms with Crippen molar-refractivity contribution < 1.29 is 42.5 Å². The van der Waals surface area contributed by atoms with E-state index in [0.29, 0.717) is 29.8 Å². The van der Waals surface area contributed by atoms with Gasteiger partial charge in [0.2, 0.25) is 0 Å². The zero-order chi connectivity index (χ0) is 25.3. The molecule has 0 aromatic heterocycles. The lowest BCUT2D eigenvalue weighted by atomic mass is 10.1. The maximum absolute atomic E-state index is 12.5. The van der Waals surface area contributed by atoms with Crippen LogP contribution in [0.25, 0.3) is 0 Å². The number of benzene rings is 2. The van der Waals surface area contributed by atoms with E-state index < -0.39 is 24.2 Å². The van der Waals surface area contributed by atoms with Gasteiger partial charge in [0, 0.05) is 17.8 Å². The molecule has 1 amide bonds. The number of aromatic hydroxyl groups is 1. The highest BCUT2D eigenvalue weighted by molar-refractivity contribution is 5.94. The number of carboxylic acid groups (broad SMARTS) is 1. The van der Waals surface area contributed by atoms with Gasteiger partial charge in [0.15, 0.2) is 0 Å². The maximum atomic E-state index is 12.5. The topological polar surface area (TPSA) is 151 Å². The van der Waals surface area contributed by atoms with Crippen LogP contribution < -0.4 is 16.4 Å². The Bertz CT molecular complexity index is 913. The normalized spacial score (nSPS) is 18.0. The lowest BCUT2D eigenvalue weighted by Crippen LogP contribution is -2.49. The summed E-state index contributed by atoms with van der Waals surface area (Å²) in [6.45, 7) is 1.30. The SMILES string of the molecule is Nc1ccc(C(=O)O[C@@H]2CCCNC[C@H]2NC(=O)c2ccc(O)cc2)cc1.O=C(O)C(F)(F)F. The first-order valence-electron chi connectivity index (χ1n) is 10.1. The molecule has 1 heterocycles. The number of anilines is 1. The second-order valence-electron chi connectivity index (χ2n) is 7.34. The van der Waals surface area contributed by atoms with Crippen LogP contribution in [-0.4, -0.2) is 59.5 Å². The van der Waals surface area contributed by atoms with Gasteiger partial charge in [0.25, 0.3) is 5.91 Å². The first-order valence-corrected chi connectivity index (χ1v) is 10.1. The molecule has 184 valence electrons. The minimum absolute atomic E-state index is 0.0954. The fourth-order valence-electron chi connectivity index (χ4n) is 2.99. The molecule has 0 unspecified atom stereocenters. The van der Waals surface area contributed by atoms with E-state index in [4.69, 9.17) is 20.4 Å². The van der Waals surface area contributed by atoms with Crippen molar-refractivity contribution in [3.05, 3.63) is 59.7 Å². The largest absolute Gasteiger partial charge is 0.508 e. The van der Waals surface area contributed by atoms with Crippen LogP contribution in [0.1, 0.15) is 33.6 Å². The van der Waals surface area contributed by atoms with Crippen LogP contribution in [0.2, 0.25) is 0 Å². The highest BCUT2D eigenvalue weighted by Crippen LogP contribution is 2.16. The summed E-state index contributed by atoms with van der Waals surface area (Å²) < 4.78 is 37.4. The Morgan fingerprint density at radius 2 is 1.59 bits per heavy atom. The smallest absolute Gasteiger partial charge is 0.490 e. The van der Waals surface area contributed by atoms with Crippen LogP contribution in [0.5, 0.6) is 5.75 Å². The molecule has 1 aliphatic rings. The molecule has 9 nitrogen and oxygen atoms in total. The molecule has 2 aromatic carbocycles. The van der Waals surface area contributed by atoms with Crippen LogP contribution in [0, 0.1) is 0 Å². The molecule has 0 bridgehead atoms. The number of esters is 1. The van der Waals surface area contributed by atoms with Crippen molar-refractivity contribution >= 4 is 23.5 Å². The zero-order valence-electron chi connectivity index (χ0n) is 17.8. The van der Waals surface area contributed by atoms with Crippen LogP contribution >= 0.6 is 0 Å². The number of halogens is 3. The lowest BCUT2D eigenvalue weighted by molar-refractivity contribution is -0.192. The number of alkyl halides is 3. The molecule has 1 aliphatic heterocycles. The van der Waals surface area contributed by atoms with Crippen LogP contribution in [0.3, 0.4) is 0 Å². The molecule has 34 heavy (non-hydrogen) atoms. The van der Waals surface area contributed by atoms with Crippen molar-refractivity contribution in [2.75, 3.05) is 18.8 Å². The molecule has 1 saturated heterocycles. The van der Waals surface area contributed by atoms with E-state index in [1.807, 2.05) is 0 Å². The Kier molecular flexibility index (Phi) is 9.25. The second kappa shape index (κ2) is 11.9. The van der Waals surface area contributed by atoms with Gasteiger partial charge in [-0.3, -0.25) is 4.79 Å². The third-order valence-electron chi connectivity index (χ3n) is 4.75. The van der Waals surface area contributed by atoms with E-state index in [9.17, 15) is 27.9 Å². The van der Waals surface area contributed by atoms with E-state index in [1.54, 1.807) is 36.4 Å². The predicted octanol–water partition coefficient (Wildman–Crippen LogP) is 2.32. The zero-order valence-corrected chi connectivity index (χ0v) is 17.8. The lowest BCUT2D eigenvalue weighted by Gasteiger charge is -2.26. The quantitative estimate of drug-likeness (QED) is 0.328. The summed E-state index contributed by atoms with van der Waals surface area (Å²) in [7, 11) is 0. The Labute approximate surface area is 192 Å². The average Bonchev–Trinajstić information content (AvgIpc) is 2.99. The highest BCUT2D eigenvalue weighted by Gasteiger charge is 2.38. The molecule has 12 heteroatoms. The van der Waals surface area contributed by atoms with E-state index >= 15 is 0 Å². The Balaban J connectivity index is 0.000000509. The van der Waals surface area contributed by atoms with Crippen molar-refractivity contribution in [1.29, 1.82) is 0 Å². The highest BCUT2D eigenvalue weighted by atomic mass is 19.4. The monoisotopic (exact) mass is 483 g/mol. The van der Waals surface area contributed by atoms with Crippen molar-refractivity contribution in [2.45, 2.75) is 31.2 Å². The number of nitrogen functional groups attached to an aromatic ring is 1. The van der Waals surface area contributed by atoms with E-state index in [1.165, 1.54) is 12.1 Å². The van der Waals surface area contributed by atoms with Gasteiger partial charge in [-0.25, -0.2) is 9.59 Å². The van der Waals surface area contributed by atoms with Crippen LogP contribution in [0.4, 0.5) is 18.9 Å². The molecule has 0 spiro atoms. The van der Waals surface area contributed by atoms with E-state index in [2.05, 4.69) is 10.6 Å². The minimum atomic E-state index is -5.08. The Morgan fingerprint density at radius 3 is 2.15 bits per heavy atom. The summed E-state index contributed by atoms with van der Waals surface area (Å²) >= 11 is 0. The molecule has 0 aliphatic carbocycles. The number of aliphatic carboxylic acids is 1. The molecular weight excluding hydrogens is 459 g/mol. The van der Waals surface area contributed by atoms with E-state index in [0.717, 1.165) is 13.0 Å². The molecule has 0 radical (unpaired) electrons. The maximum Gasteiger partial charge on any atom is 0.490 e. The standard InChI is InChI=1S/C20H23N3O4.C2HF3O2/c21-15-7-3-14(4-8-15)20(26)27-18-2-1-11-22-12-17(18)23-19(25)13-5-9-16(24)10-6-13;3-2(4,5)1(6)7/h3-10,17-18,22,24H,1-2,11-12,21H2,(H,23,25);(H,6,7)/t17-,18-;/m1./s1. The number of hydrogen-bond donors (Lipinski definition) is 5. The van der Waals surface area contributed by atoms with Gasteiger partial charge in [-0.15, -0.1) is 0 Å². The summed E-state index contributed by atoms with van der Waals surface area (Å²) in [5.41, 5.74) is 7.08. The predicted molar refractivity (Wildman–Crippen MR) is 115 cm³/mol. The first kappa shape index (κ1) is 26.5. The fourth-order valence-corrected chi connectivity index (χ4v) is 2.99. The Hall–Kier alpha value is -3.80. The number of nitrogens with two attached hydrogens (primary N) is 1. The third kappa shape index (κ3) is 8.28. The molecule has 0 saturated carbocycles. The summed E-state index contributed by atoms with van der Waals surface area (Å²) in [4.78, 5) is 33.8. The summed E-state index contributed by atoms with van der Waals surface area (Å²) in [6.07, 6.45) is -4.04. The second-order valence-corrected chi connectivity index (χ2v) is 7.34. The van der Waals surface area contributed by atoms with Gasteiger partial charge < -0.3 is 31.3 Å². The molecule has 3 rings (SSSR count). The number of phenolic OH excluding ortho intramolecular Hbond substituents is 1. The van der Waals surface area contributed by atoms with Crippen LogP contribution in [-0.2, 0) is 9.53 Å². The fraction of sp³-hybridized carbons (Fsp3) is 0.318. The van der Waals surface area contributed by atoms with Gasteiger partial charge in [-0.1, -0.05) is 0 Å². The Morgan fingerprint density at radius 1 is 1.03 bits per heavy atom. The number of amides is 1. The number of carbonyl (C=O) groups is 3. The molecule has 6 N–H and O–H groups in total. The first-order chi connectivity index (χ1) is 16.0. The van der Waals surface area contributed by atoms with Gasteiger partial charge in [0.05, 0.1) is 11.6 Å². The van der Waals surface area contributed by atoms with Gasteiger partial charge in [-0.05, 0) is 67.9 Å². The third-order valence-corrected chi connectivity index (χ3v) is 4.75. The van der Waals surface area contributed by atoms with Crippen molar-refractivity contribution in [2.24, 2.45) is 0 Å². The number of carboxylic acids is 1. The summed E-state index contributed by atoms with van der Waals surface area (Å²) in [5, 5.41) is 22.7. The molecular formula is C22H24F3N3O6. The van der Waals surface area contributed by atoms with E-state index in [-0.39, 0.29) is 17.7 Å². The van der Waals surface area contributed by atoms with Gasteiger partial charge in [0.1, 0.15) is 11.9 Å². The number of phenols is 1. The molecule has 2 atom stereocenters. The summed E-state index contributed by atoms with van der Waals surface area (Å²) in [5.74, 6) is -3.38. The number of rotatable bonds is 4. The van der Waals surface area contributed by atoms with Crippen molar-refractivity contribution in [3.63, 3.8) is 0 Å². The average molecular weight is 483 g/mol.